The molecule has 1 aliphatic rings. The highest BCUT2D eigenvalue weighted by molar-refractivity contribution is 9.10. The molecule has 2 atom stereocenters. The molecule has 5 aromatic carbocycles. The average molecular weight is 787 g/mol. The van der Waals surface area contributed by atoms with Gasteiger partial charge in [-0.3, -0.25) is 4.79 Å². The number of nitrogens with zero attached hydrogens (tertiary/aromatic N) is 1. The van der Waals surface area contributed by atoms with E-state index in [9.17, 15) is 4.79 Å². The van der Waals surface area contributed by atoms with Crippen LogP contribution in [-0.2, 0) is 22.5 Å². The first-order valence-corrected chi connectivity index (χ1v) is 18.0. The molecular weight excluding hydrogens is 752 g/mol. The second-order valence-electron chi connectivity index (χ2n) is 11.3. The highest BCUT2D eigenvalue weighted by Gasteiger charge is 2.53. The Morgan fingerprint density at radius 3 is 2.23 bits per heavy atom. The van der Waals surface area contributed by atoms with Crippen LogP contribution in [0.5, 0.6) is 5.75 Å². The van der Waals surface area contributed by atoms with Crippen molar-refractivity contribution >= 4 is 55.4 Å². The number of halogens is 2. The molecule has 1 amide bonds. The molecule has 6 rings (SSSR count). The number of rotatable bonds is 13. The molecule has 1 aliphatic heterocycles. The van der Waals surface area contributed by atoms with E-state index in [1.54, 1.807) is 11.8 Å². The van der Waals surface area contributed by atoms with E-state index in [-0.39, 0.29) is 12.5 Å². The van der Waals surface area contributed by atoms with E-state index >= 15 is 0 Å². The van der Waals surface area contributed by atoms with Crippen molar-refractivity contribution in [2.75, 3.05) is 13.2 Å². The summed E-state index contributed by atoms with van der Waals surface area (Å²) < 4.78 is 14.3. The predicted octanol–water partition coefficient (Wildman–Crippen LogP) is 8.94. The third-order valence-electron chi connectivity index (χ3n) is 7.97. The zero-order chi connectivity index (χ0) is 33.3. The molecular formula is C39H34Br2N2O4S. The molecule has 5 aromatic rings. The number of aliphatic hydroxyl groups excluding tert-OH is 1. The number of hydrogen-bond donors (Lipinski definition) is 2. The summed E-state index contributed by atoms with van der Waals surface area (Å²) in [4.78, 5) is 22.1. The maximum absolute atomic E-state index is 14.7. The Morgan fingerprint density at radius 1 is 0.854 bits per heavy atom. The van der Waals surface area contributed by atoms with Crippen LogP contribution in [0.1, 0.15) is 34.8 Å². The Hall–Kier alpha value is -3.89. The van der Waals surface area contributed by atoms with Crippen molar-refractivity contribution in [2.24, 2.45) is 4.99 Å². The van der Waals surface area contributed by atoms with Crippen LogP contribution in [0.4, 0.5) is 0 Å². The molecule has 0 saturated heterocycles. The van der Waals surface area contributed by atoms with Gasteiger partial charge in [-0.2, -0.15) is 0 Å². The summed E-state index contributed by atoms with van der Waals surface area (Å²) in [5, 5.41) is 12.4. The van der Waals surface area contributed by atoms with Crippen molar-refractivity contribution in [3.63, 3.8) is 0 Å². The van der Waals surface area contributed by atoms with Gasteiger partial charge in [0.1, 0.15) is 5.75 Å². The molecule has 1 heterocycles. The van der Waals surface area contributed by atoms with Gasteiger partial charge in [-0.05, 0) is 83.4 Å². The van der Waals surface area contributed by atoms with E-state index in [4.69, 9.17) is 19.6 Å². The van der Waals surface area contributed by atoms with E-state index in [1.165, 1.54) is 0 Å². The normalized spacial score (nSPS) is 17.0. The average Bonchev–Trinajstić information content (AvgIpc) is 3.50. The molecule has 0 aromatic heterocycles. The lowest BCUT2D eigenvalue weighted by molar-refractivity contribution is -0.129. The molecule has 244 valence electrons. The van der Waals surface area contributed by atoms with Gasteiger partial charge in [0, 0.05) is 50.3 Å². The summed E-state index contributed by atoms with van der Waals surface area (Å²) in [6.45, 7) is 0.817. The van der Waals surface area contributed by atoms with E-state index in [2.05, 4.69) is 55.4 Å². The van der Waals surface area contributed by atoms with Crippen molar-refractivity contribution in [2.45, 2.75) is 40.8 Å². The number of nitrogens with one attached hydrogen (secondary N) is 1. The van der Waals surface area contributed by atoms with E-state index in [0.29, 0.717) is 37.6 Å². The molecule has 0 aliphatic carbocycles. The van der Waals surface area contributed by atoms with Gasteiger partial charge in [0.05, 0.1) is 6.61 Å². The largest absolute Gasteiger partial charge is 0.494 e. The summed E-state index contributed by atoms with van der Waals surface area (Å²) in [5.41, 5.74) is 2.24. The summed E-state index contributed by atoms with van der Waals surface area (Å²) in [6.07, 6.45) is 0.174. The topological polar surface area (TPSA) is 80.2 Å². The summed E-state index contributed by atoms with van der Waals surface area (Å²) in [6, 6.07) is 41.6. The fraction of sp³-hybridized carbons (Fsp3) is 0.179. The van der Waals surface area contributed by atoms with Crippen molar-refractivity contribution < 1.29 is 19.4 Å². The third kappa shape index (κ3) is 8.21. The van der Waals surface area contributed by atoms with Gasteiger partial charge in [0.25, 0.3) is 5.91 Å². The quantitative estimate of drug-likeness (QED) is 0.117. The third-order valence-corrected chi connectivity index (χ3v) is 10.2. The number of ether oxygens (including phenoxy) is 2. The Labute approximate surface area is 301 Å². The van der Waals surface area contributed by atoms with Crippen LogP contribution in [0.2, 0.25) is 0 Å². The van der Waals surface area contributed by atoms with Gasteiger partial charge in [0.15, 0.2) is 11.6 Å². The van der Waals surface area contributed by atoms with Gasteiger partial charge in [-0.25, -0.2) is 4.99 Å². The first-order chi connectivity index (χ1) is 23.4. The van der Waals surface area contributed by atoms with Crippen molar-refractivity contribution in [1.82, 2.24) is 5.32 Å². The first kappa shape index (κ1) is 34.0. The number of benzene rings is 5. The summed E-state index contributed by atoms with van der Waals surface area (Å²) >= 11 is 8.76. The van der Waals surface area contributed by atoms with Crippen LogP contribution in [0.25, 0.3) is 0 Å². The fourth-order valence-electron chi connectivity index (χ4n) is 5.53. The van der Waals surface area contributed by atoms with Gasteiger partial charge < -0.3 is 19.9 Å². The van der Waals surface area contributed by atoms with Crippen LogP contribution in [0.15, 0.2) is 151 Å². The van der Waals surface area contributed by atoms with E-state index in [1.807, 2.05) is 109 Å². The zero-order valence-electron chi connectivity index (χ0n) is 26.0. The van der Waals surface area contributed by atoms with Crippen LogP contribution in [-0.4, -0.2) is 35.7 Å². The van der Waals surface area contributed by atoms with Gasteiger partial charge in [-0.1, -0.05) is 104 Å². The maximum atomic E-state index is 14.7. The van der Waals surface area contributed by atoms with Crippen LogP contribution < -0.4 is 10.1 Å². The van der Waals surface area contributed by atoms with Gasteiger partial charge in [-0.15, -0.1) is 0 Å². The van der Waals surface area contributed by atoms with Crippen molar-refractivity contribution in [3.8, 4) is 5.75 Å². The minimum absolute atomic E-state index is 0.0696. The van der Waals surface area contributed by atoms with Crippen molar-refractivity contribution in [1.29, 1.82) is 0 Å². The monoisotopic (exact) mass is 784 g/mol. The van der Waals surface area contributed by atoms with Gasteiger partial charge >= 0.3 is 0 Å². The highest BCUT2D eigenvalue weighted by Crippen LogP contribution is 2.43. The molecule has 0 spiro atoms. The zero-order valence-corrected chi connectivity index (χ0v) is 30.0. The second-order valence-corrected chi connectivity index (χ2v) is 14.3. The number of amides is 1. The minimum Gasteiger partial charge on any atom is -0.494 e. The lowest BCUT2D eigenvalue weighted by Gasteiger charge is -2.31. The smallest absolute Gasteiger partial charge is 0.252 e. The lowest BCUT2D eigenvalue weighted by atomic mass is 9.82. The Bertz CT molecular complexity index is 1850. The Kier molecular flexibility index (Phi) is 11.3. The maximum Gasteiger partial charge on any atom is 0.252 e. The molecule has 0 unspecified atom stereocenters. The molecule has 6 nitrogen and oxygen atoms in total. The number of carbonyl (C=O) groups is 1. The fourth-order valence-corrected chi connectivity index (χ4v) is 7.02. The molecule has 0 fully saturated rings. The molecule has 2 N–H and O–H groups in total. The lowest BCUT2D eigenvalue weighted by Crippen LogP contribution is -2.49. The first-order valence-electron chi connectivity index (χ1n) is 15.6. The highest BCUT2D eigenvalue weighted by atomic mass is 79.9. The van der Waals surface area contributed by atoms with E-state index in [0.717, 1.165) is 41.0 Å². The second kappa shape index (κ2) is 16.0. The Morgan fingerprint density at radius 2 is 1.52 bits per heavy atom. The number of hydrogen-bond acceptors (Lipinski definition) is 6. The minimum atomic E-state index is -1.31. The standard InChI is InChI=1S/C39H34Br2N2O4S/c40-31-17-11-27(12-18-31)25-39(38(45)42-26-30-7-4-5-10-35(30)48-34-8-2-1-3-9-34)36(28-13-19-32(41)20-14-28)47-37(43-39)29-15-21-33(22-16-29)46-24-6-23-44/h1-5,7-22,36,44H,6,23-26H2,(H,42,45)/t36-,39-/m1/s1. The SMILES string of the molecule is O=C(NCc1ccccc1Sc1ccccc1)[C@]1(Cc2ccc(Br)cc2)N=C(c2ccc(OCCCO)cc2)O[C@@H]1c1ccc(Br)cc1. The Balaban J connectivity index is 1.36. The number of aliphatic imine (C=N–C) groups is 1. The predicted molar refractivity (Wildman–Crippen MR) is 198 cm³/mol. The summed E-state index contributed by atoms with van der Waals surface area (Å²) in [7, 11) is 0. The summed E-state index contributed by atoms with van der Waals surface area (Å²) in [5.74, 6) is 0.843. The van der Waals surface area contributed by atoms with Gasteiger partial charge in [0.2, 0.25) is 5.90 Å². The van der Waals surface area contributed by atoms with Crippen LogP contribution in [0.3, 0.4) is 0 Å². The molecule has 0 saturated carbocycles. The molecule has 0 radical (unpaired) electrons. The van der Waals surface area contributed by atoms with Crippen LogP contribution in [0, 0.1) is 0 Å². The number of aliphatic hydroxyl groups is 1. The van der Waals surface area contributed by atoms with E-state index < -0.39 is 11.6 Å². The molecule has 9 heteroatoms. The van der Waals surface area contributed by atoms with Crippen molar-refractivity contribution in [3.05, 3.63) is 159 Å². The van der Waals surface area contributed by atoms with Crippen LogP contribution >= 0.6 is 43.6 Å². The molecule has 0 bridgehead atoms. The molecule has 48 heavy (non-hydrogen) atoms. The number of carbonyl (C=O) groups excluding carboxylic acids is 1.